The Morgan fingerprint density at radius 2 is 1.62 bits per heavy atom. The van der Waals surface area contributed by atoms with Crippen LogP contribution in [0.5, 0.6) is 0 Å². The van der Waals surface area contributed by atoms with Gasteiger partial charge in [-0.25, -0.2) is 4.79 Å². The number of anilines is 1. The molecule has 142 valence electrons. The number of ether oxygens (including phenoxy) is 1. The van der Waals surface area contributed by atoms with Crippen LogP contribution in [0.15, 0.2) is 0 Å². The van der Waals surface area contributed by atoms with Crippen LogP contribution >= 0.6 is 11.3 Å². The summed E-state index contributed by atoms with van der Waals surface area (Å²) in [6.45, 7) is 7.91. The molecule has 2 heterocycles. The average molecular weight is 381 g/mol. The molecule has 2 rings (SSSR count). The highest BCUT2D eigenvalue weighted by Gasteiger charge is 2.25. The average Bonchev–Trinajstić information content (AvgIpc) is 2.85. The molecule has 1 saturated heterocycles. The van der Waals surface area contributed by atoms with Crippen molar-refractivity contribution in [1.82, 2.24) is 9.80 Å². The maximum atomic E-state index is 12.4. The molecule has 3 amide bonds. The van der Waals surface area contributed by atoms with Crippen molar-refractivity contribution in [2.45, 2.75) is 27.7 Å². The van der Waals surface area contributed by atoms with Gasteiger partial charge in [-0.05, 0) is 19.4 Å². The second-order valence-electron chi connectivity index (χ2n) is 6.13. The number of piperazine rings is 1. The van der Waals surface area contributed by atoms with Crippen LogP contribution in [0.25, 0.3) is 0 Å². The fourth-order valence-corrected chi connectivity index (χ4v) is 3.78. The molecule has 1 aliphatic rings. The molecule has 0 spiro atoms. The number of rotatable bonds is 4. The third kappa shape index (κ3) is 4.60. The normalized spacial score (nSPS) is 14.2. The summed E-state index contributed by atoms with van der Waals surface area (Å²) >= 11 is 1.30. The zero-order valence-electron chi connectivity index (χ0n) is 15.4. The van der Waals surface area contributed by atoms with Gasteiger partial charge in [-0.3, -0.25) is 14.4 Å². The summed E-state index contributed by atoms with van der Waals surface area (Å²) in [7, 11) is 0. The Morgan fingerprint density at radius 3 is 2.15 bits per heavy atom. The van der Waals surface area contributed by atoms with Gasteiger partial charge in [0.15, 0.2) is 6.61 Å². The van der Waals surface area contributed by atoms with E-state index in [-0.39, 0.29) is 29.9 Å². The monoisotopic (exact) mass is 381 g/mol. The molecule has 1 aromatic rings. The molecule has 1 aromatic heterocycles. The van der Waals surface area contributed by atoms with E-state index in [0.717, 1.165) is 10.4 Å². The molecule has 9 heteroatoms. The van der Waals surface area contributed by atoms with Crippen LogP contribution in [0.3, 0.4) is 0 Å². The van der Waals surface area contributed by atoms with E-state index in [2.05, 4.69) is 5.32 Å². The predicted octanol–water partition coefficient (Wildman–Crippen LogP) is 1.17. The first-order valence-electron chi connectivity index (χ1n) is 8.28. The van der Waals surface area contributed by atoms with E-state index in [1.807, 2.05) is 6.92 Å². The quantitative estimate of drug-likeness (QED) is 0.790. The minimum atomic E-state index is -0.633. The van der Waals surface area contributed by atoms with E-state index in [1.165, 1.54) is 25.2 Å². The van der Waals surface area contributed by atoms with Crippen LogP contribution in [0.2, 0.25) is 0 Å². The van der Waals surface area contributed by atoms with Gasteiger partial charge in [0, 0.05) is 44.9 Å². The van der Waals surface area contributed by atoms with Gasteiger partial charge in [-0.15, -0.1) is 11.3 Å². The number of aryl methyl sites for hydroxylation is 1. The number of carbonyl (C=O) groups is 4. The molecule has 0 unspecified atom stereocenters. The van der Waals surface area contributed by atoms with E-state index in [9.17, 15) is 19.2 Å². The van der Waals surface area contributed by atoms with Crippen molar-refractivity contribution in [2.24, 2.45) is 0 Å². The van der Waals surface area contributed by atoms with Crippen LogP contribution in [-0.2, 0) is 19.1 Å². The van der Waals surface area contributed by atoms with Gasteiger partial charge in [0.05, 0.1) is 5.56 Å². The summed E-state index contributed by atoms with van der Waals surface area (Å²) < 4.78 is 5.18. The Kier molecular flexibility index (Phi) is 6.36. The third-order valence-electron chi connectivity index (χ3n) is 4.28. The summed E-state index contributed by atoms with van der Waals surface area (Å²) in [6.07, 6.45) is 0. The Bertz CT molecular complexity index is 735. The first-order valence-corrected chi connectivity index (χ1v) is 9.10. The van der Waals surface area contributed by atoms with Crippen molar-refractivity contribution in [3.05, 3.63) is 16.0 Å². The number of hydrogen-bond donors (Lipinski definition) is 1. The highest BCUT2D eigenvalue weighted by atomic mass is 32.1. The summed E-state index contributed by atoms with van der Waals surface area (Å²) in [6, 6.07) is 0. The SMILES string of the molecule is CC(=O)Nc1sc(C)c(C)c1C(=O)OCC(=O)N1CCN(C(C)=O)CC1. The molecule has 0 aromatic carbocycles. The number of carbonyl (C=O) groups excluding carboxylic acids is 4. The van der Waals surface area contributed by atoms with Crippen molar-refractivity contribution >= 4 is 40.0 Å². The first kappa shape index (κ1) is 19.9. The fourth-order valence-electron chi connectivity index (χ4n) is 2.68. The van der Waals surface area contributed by atoms with Crippen molar-refractivity contribution < 1.29 is 23.9 Å². The zero-order valence-corrected chi connectivity index (χ0v) is 16.2. The molecule has 0 bridgehead atoms. The summed E-state index contributed by atoms with van der Waals surface area (Å²) in [5.74, 6) is -1.23. The summed E-state index contributed by atoms with van der Waals surface area (Å²) in [5, 5.41) is 3.06. The van der Waals surface area contributed by atoms with Crippen LogP contribution in [0, 0.1) is 13.8 Å². The number of nitrogens with one attached hydrogen (secondary N) is 1. The Morgan fingerprint density at radius 1 is 1.04 bits per heavy atom. The largest absolute Gasteiger partial charge is 0.452 e. The lowest BCUT2D eigenvalue weighted by atomic mass is 10.1. The smallest absolute Gasteiger partial charge is 0.341 e. The van der Waals surface area contributed by atoms with Gasteiger partial charge in [0.1, 0.15) is 5.00 Å². The van der Waals surface area contributed by atoms with Gasteiger partial charge in [0.25, 0.3) is 5.91 Å². The number of hydrogen-bond acceptors (Lipinski definition) is 6. The van der Waals surface area contributed by atoms with Crippen LogP contribution < -0.4 is 5.32 Å². The van der Waals surface area contributed by atoms with Crippen molar-refractivity contribution in [2.75, 3.05) is 38.1 Å². The third-order valence-corrected chi connectivity index (χ3v) is 5.41. The standard InChI is InChI=1S/C17H23N3O5S/c1-10-11(2)26-16(18-12(3)21)15(10)17(24)25-9-14(23)20-7-5-19(6-8-20)13(4)22/h5-9H2,1-4H3,(H,18,21). The molecule has 1 fully saturated rings. The molecule has 0 atom stereocenters. The second-order valence-corrected chi connectivity index (χ2v) is 7.36. The van der Waals surface area contributed by atoms with Crippen LogP contribution in [0.1, 0.15) is 34.6 Å². The van der Waals surface area contributed by atoms with E-state index in [0.29, 0.717) is 31.2 Å². The lowest BCUT2D eigenvalue weighted by Crippen LogP contribution is -2.51. The van der Waals surface area contributed by atoms with E-state index < -0.39 is 5.97 Å². The minimum absolute atomic E-state index is 0.0164. The molecular formula is C17H23N3O5S. The fraction of sp³-hybridized carbons (Fsp3) is 0.529. The van der Waals surface area contributed by atoms with Gasteiger partial charge in [-0.2, -0.15) is 0 Å². The van der Waals surface area contributed by atoms with E-state index >= 15 is 0 Å². The molecular weight excluding hydrogens is 358 g/mol. The van der Waals surface area contributed by atoms with E-state index in [4.69, 9.17) is 4.74 Å². The van der Waals surface area contributed by atoms with Gasteiger partial charge < -0.3 is 19.9 Å². The predicted molar refractivity (Wildman–Crippen MR) is 97.2 cm³/mol. The van der Waals surface area contributed by atoms with Crippen molar-refractivity contribution in [1.29, 1.82) is 0 Å². The van der Waals surface area contributed by atoms with Crippen molar-refractivity contribution in [3.8, 4) is 0 Å². The lowest BCUT2D eigenvalue weighted by Gasteiger charge is -2.34. The summed E-state index contributed by atoms with van der Waals surface area (Å²) in [4.78, 5) is 51.4. The molecule has 0 aliphatic carbocycles. The van der Waals surface area contributed by atoms with E-state index in [1.54, 1.807) is 16.7 Å². The Balaban J connectivity index is 1.96. The number of esters is 1. The highest BCUT2D eigenvalue weighted by molar-refractivity contribution is 7.16. The second kappa shape index (κ2) is 8.31. The topological polar surface area (TPSA) is 96.0 Å². The Hall–Kier alpha value is -2.42. The molecule has 26 heavy (non-hydrogen) atoms. The molecule has 0 radical (unpaired) electrons. The maximum absolute atomic E-state index is 12.4. The molecule has 1 aliphatic heterocycles. The number of nitrogens with zero attached hydrogens (tertiary/aromatic N) is 2. The zero-order chi connectivity index (χ0) is 19.4. The first-order chi connectivity index (χ1) is 12.2. The Labute approximate surface area is 156 Å². The minimum Gasteiger partial charge on any atom is -0.452 e. The number of amides is 3. The van der Waals surface area contributed by atoms with Crippen LogP contribution in [-0.4, -0.2) is 66.3 Å². The lowest BCUT2D eigenvalue weighted by molar-refractivity contribution is -0.140. The molecule has 0 saturated carbocycles. The van der Waals surface area contributed by atoms with Gasteiger partial charge in [0.2, 0.25) is 11.8 Å². The van der Waals surface area contributed by atoms with Crippen molar-refractivity contribution in [3.63, 3.8) is 0 Å². The van der Waals surface area contributed by atoms with Gasteiger partial charge >= 0.3 is 5.97 Å². The molecule has 1 N–H and O–H groups in total. The highest BCUT2D eigenvalue weighted by Crippen LogP contribution is 2.32. The van der Waals surface area contributed by atoms with Crippen LogP contribution in [0.4, 0.5) is 5.00 Å². The molecule has 8 nitrogen and oxygen atoms in total. The number of thiophene rings is 1. The van der Waals surface area contributed by atoms with Gasteiger partial charge in [-0.1, -0.05) is 0 Å². The maximum Gasteiger partial charge on any atom is 0.341 e. The summed E-state index contributed by atoms with van der Waals surface area (Å²) in [5.41, 5.74) is 1.02.